The standard InChI is InChI=1S/C11H12N4OS/c12-10(17)9-4-6-14-11(15-9)13-5-3-8-2-1-7-16-8/h1-2,4,6-7H,3,5H2,(H2,12,17)(H,13,14,15). The maximum atomic E-state index is 5.49. The largest absolute Gasteiger partial charge is 0.469 e. The molecule has 0 saturated carbocycles. The van der Waals surface area contributed by atoms with E-state index in [0.29, 0.717) is 18.2 Å². The van der Waals surface area contributed by atoms with Crippen LogP contribution in [-0.2, 0) is 6.42 Å². The Morgan fingerprint density at radius 2 is 2.35 bits per heavy atom. The van der Waals surface area contributed by atoms with Crippen molar-refractivity contribution in [2.24, 2.45) is 5.73 Å². The molecule has 0 aliphatic heterocycles. The number of thiocarbonyl (C=S) groups is 1. The minimum Gasteiger partial charge on any atom is -0.469 e. The Morgan fingerprint density at radius 3 is 3.06 bits per heavy atom. The summed E-state index contributed by atoms with van der Waals surface area (Å²) in [5, 5.41) is 3.08. The van der Waals surface area contributed by atoms with Crippen molar-refractivity contribution >= 4 is 23.2 Å². The van der Waals surface area contributed by atoms with Crippen LogP contribution in [0.5, 0.6) is 0 Å². The van der Waals surface area contributed by atoms with Gasteiger partial charge in [0.1, 0.15) is 16.4 Å². The van der Waals surface area contributed by atoms with Gasteiger partial charge in [0.25, 0.3) is 0 Å². The predicted molar refractivity (Wildman–Crippen MR) is 68.8 cm³/mol. The number of aromatic nitrogens is 2. The lowest BCUT2D eigenvalue weighted by Crippen LogP contribution is -2.14. The van der Waals surface area contributed by atoms with E-state index in [0.717, 1.165) is 12.2 Å². The van der Waals surface area contributed by atoms with Crippen molar-refractivity contribution in [2.45, 2.75) is 6.42 Å². The molecule has 0 amide bonds. The number of furan rings is 1. The molecule has 0 aromatic carbocycles. The maximum Gasteiger partial charge on any atom is 0.223 e. The van der Waals surface area contributed by atoms with Crippen molar-refractivity contribution in [1.82, 2.24) is 9.97 Å². The first-order chi connectivity index (χ1) is 8.25. The maximum absolute atomic E-state index is 5.49. The van der Waals surface area contributed by atoms with Gasteiger partial charge in [0.2, 0.25) is 5.95 Å². The van der Waals surface area contributed by atoms with Gasteiger partial charge in [0.05, 0.1) is 6.26 Å². The first kappa shape index (κ1) is 11.5. The summed E-state index contributed by atoms with van der Waals surface area (Å²) in [4.78, 5) is 8.51. The first-order valence-electron chi connectivity index (χ1n) is 5.15. The van der Waals surface area contributed by atoms with E-state index in [1.807, 2.05) is 12.1 Å². The topological polar surface area (TPSA) is 77.0 Å². The van der Waals surface area contributed by atoms with E-state index >= 15 is 0 Å². The lowest BCUT2D eigenvalue weighted by molar-refractivity contribution is 0.512. The third-order valence-electron chi connectivity index (χ3n) is 2.14. The van der Waals surface area contributed by atoms with Crippen LogP contribution in [0.25, 0.3) is 0 Å². The Hall–Kier alpha value is -1.95. The molecule has 0 spiro atoms. The molecule has 2 heterocycles. The Morgan fingerprint density at radius 1 is 1.47 bits per heavy atom. The highest BCUT2D eigenvalue weighted by Crippen LogP contribution is 2.03. The SMILES string of the molecule is NC(=S)c1ccnc(NCCc2ccco2)n1. The average Bonchev–Trinajstić information content (AvgIpc) is 2.82. The van der Waals surface area contributed by atoms with Gasteiger partial charge in [-0.25, -0.2) is 9.97 Å². The monoisotopic (exact) mass is 248 g/mol. The number of nitrogens with zero attached hydrogens (tertiary/aromatic N) is 2. The Kier molecular flexibility index (Phi) is 3.66. The highest BCUT2D eigenvalue weighted by atomic mass is 32.1. The van der Waals surface area contributed by atoms with Crippen molar-refractivity contribution in [1.29, 1.82) is 0 Å². The summed E-state index contributed by atoms with van der Waals surface area (Å²) in [7, 11) is 0. The Labute approximate surface area is 104 Å². The predicted octanol–water partition coefficient (Wildman–Crippen LogP) is 1.36. The summed E-state index contributed by atoms with van der Waals surface area (Å²) < 4.78 is 5.21. The van der Waals surface area contributed by atoms with Gasteiger partial charge < -0.3 is 15.5 Å². The summed E-state index contributed by atoms with van der Waals surface area (Å²) in [5.74, 6) is 1.44. The van der Waals surface area contributed by atoms with Gasteiger partial charge in [-0.3, -0.25) is 0 Å². The highest BCUT2D eigenvalue weighted by Gasteiger charge is 2.01. The zero-order chi connectivity index (χ0) is 12.1. The van der Waals surface area contributed by atoms with Gasteiger partial charge in [-0.2, -0.15) is 0 Å². The molecule has 5 nitrogen and oxygen atoms in total. The normalized spacial score (nSPS) is 10.1. The minimum absolute atomic E-state index is 0.265. The summed E-state index contributed by atoms with van der Waals surface area (Å²) >= 11 is 4.84. The van der Waals surface area contributed by atoms with Crippen LogP contribution in [0.15, 0.2) is 35.1 Å². The minimum atomic E-state index is 0.265. The van der Waals surface area contributed by atoms with E-state index in [4.69, 9.17) is 22.4 Å². The second-order valence-corrected chi connectivity index (χ2v) is 3.83. The van der Waals surface area contributed by atoms with Crippen molar-refractivity contribution in [3.63, 3.8) is 0 Å². The molecule has 0 radical (unpaired) electrons. The molecular weight excluding hydrogens is 236 g/mol. The van der Waals surface area contributed by atoms with Crippen LogP contribution >= 0.6 is 12.2 Å². The summed E-state index contributed by atoms with van der Waals surface area (Å²) in [5.41, 5.74) is 6.05. The number of nitrogens with one attached hydrogen (secondary N) is 1. The molecule has 0 fully saturated rings. The van der Waals surface area contributed by atoms with E-state index < -0.39 is 0 Å². The van der Waals surface area contributed by atoms with Gasteiger partial charge in [-0.1, -0.05) is 12.2 Å². The van der Waals surface area contributed by atoms with Gasteiger partial charge in [0, 0.05) is 19.2 Å². The van der Waals surface area contributed by atoms with Crippen molar-refractivity contribution in [3.05, 3.63) is 42.1 Å². The average molecular weight is 248 g/mol. The second kappa shape index (κ2) is 5.40. The summed E-state index contributed by atoms with van der Waals surface area (Å²) in [6.45, 7) is 0.689. The van der Waals surface area contributed by atoms with Crippen LogP contribution in [0.4, 0.5) is 5.95 Å². The number of hydrogen-bond donors (Lipinski definition) is 2. The summed E-state index contributed by atoms with van der Waals surface area (Å²) in [6.07, 6.45) is 4.05. The van der Waals surface area contributed by atoms with Crippen molar-refractivity contribution < 1.29 is 4.42 Å². The van der Waals surface area contributed by atoms with Crippen LogP contribution in [0, 0.1) is 0 Å². The molecule has 0 aliphatic rings. The van der Waals surface area contributed by atoms with E-state index in [1.54, 1.807) is 18.5 Å². The van der Waals surface area contributed by atoms with Crippen LogP contribution in [0.2, 0.25) is 0 Å². The van der Waals surface area contributed by atoms with Gasteiger partial charge >= 0.3 is 0 Å². The molecule has 0 saturated heterocycles. The zero-order valence-electron chi connectivity index (χ0n) is 9.09. The van der Waals surface area contributed by atoms with Gasteiger partial charge in [-0.05, 0) is 18.2 Å². The fraction of sp³-hybridized carbons (Fsp3) is 0.182. The highest BCUT2D eigenvalue weighted by molar-refractivity contribution is 7.80. The molecule has 2 aromatic heterocycles. The second-order valence-electron chi connectivity index (χ2n) is 3.39. The van der Waals surface area contributed by atoms with E-state index in [2.05, 4.69) is 15.3 Å². The number of nitrogens with two attached hydrogens (primary N) is 1. The molecule has 88 valence electrons. The number of anilines is 1. The third-order valence-corrected chi connectivity index (χ3v) is 2.35. The van der Waals surface area contributed by atoms with Crippen molar-refractivity contribution in [2.75, 3.05) is 11.9 Å². The van der Waals surface area contributed by atoms with Crippen LogP contribution in [-0.4, -0.2) is 21.5 Å². The Bertz CT molecular complexity index is 498. The molecule has 2 rings (SSSR count). The van der Waals surface area contributed by atoms with Crippen LogP contribution in [0.3, 0.4) is 0 Å². The number of hydrogen-bond acceptors (Lipinski definition) is 5. The lowest BCUT2D eigenvalue weighted by atomic mass is 10.3. The molecule has 3 N–H and O–H groups in total. The van der Waals surface area contributed by atoms with Gasteiger partial charge in [-0.15, -0.1) is 0 Å². The van der Waals surface area contributed by atoms with Gasteiger partial charge in [0.15, 0.2) is 0 Å². The first-order valence-corrected chi connectivity index (χ1v) is 5.55. The quantitative estimate of drug-likeness (QED) is 0.778. The summed E-state index contributed by atoms with van der Waals surface area (Å²) in [6, 6.07) is 5.47. The van der Waals surface area contributed by atoms with E-state index in [1.165, 1.54) is 0 Å². The van der Waals surface area contributed by atoms with Crippen LogP contribution < -0.4 is 11.1 Å². The Balaban J connectivity index is 1.90. The van der Waals surface area contributed by atoms with E-state index in [-0.39, 0.29) is 4.99 Å². The molecule has 0 atom stereocenters. The van der Waals surface area contributed by atoms with Crippen molar-refractivity contribution in [3.8, 4) is 0 Å². The van der Waals surface area contributed by atoms with Crippen LogP contribution in [0.1, 0.15) is 11.5 Å². The molecule has 6 heteroatoms. The molecule has 0 aliphatic carbocycles. The number of rotatable bonds is 5. The molecule has 0 bridgehead atoms. The lowest BCUT2D eigenvalue weighted by Gasteiger charge is -2.04. The zero-order valence-corrected chi connectivity index (χ0v) is 9.91. The smallest absolute Gasteiger partial charge is 0.223 e. The molecule has 2 aromatic rings. The van der Waals surface area contributed by atoms with E-state index in [9.17, 15) is 0 Å². The molecule has 0 unspecified atom stereocenters. The fourth-order valence-electron chi connectivity index (χ4n) is 1.33. The third kappa shape index (κ3) is 3.25. The fourth-order valence-corrected chi connectivity index (χ4v) is 1.45. The molecular formula is C11H12N4OS. The molecule has 17 heavy (non-hydrogen) atoms.